The summed E-state index contributed by atoms with van der Waals surface area (Å²) in [6.07, 6.45) is 5.87. The zero-order valence-electron chi connectivity index (χ0n) is 14.4. The number of aromatic nitrogens is 3. The molecule has 0 N–H and O–H groups in total. The van der Waals surface area contributed by atoms with Crippen molar-refractivity contribution in [1.29, 1.82) is 0 Å². The molecular weight excluding hydrogens is 300 g/mol. The normalized spacial score (nSPS) is 14.3. The number of carbonyl (C=O) groups excluding carboxylic acids is 1. The van der Waals surface area contributed by atoms with Gasteiger partial charge in [0, 0.05) is 37.9 Å². The van der Waals surface area contributed by atoms with Gasteiger partial charge in [-0.2, -0.15) is 0 Å². The van der Waals surface area contributed by atoms with Crippen molar-refractivity contribution in [2.75, 3.05) is 0 Å². The first kappa shape index (κ1) is 15.0. The lowest BCUT2D eigenvalue weighted by molar-refractivity contribution is 0.0714. The van der Waals surface area contributed by atoms with Crippen LogP contribution in [0.15, 0.2) is 36.7 Å². The van der Waals surface area contributed by atoms with E-state index in [2.05, 4.69) is 24.0 Å². The number of benzene rings is 1. The van der Waals surface area contributed by atoms with Crippen molar-refractivity contribution in [2.24, 2.45) is 14.1 Å². The smallest absolute Gasteiger partial charge is 0.271 e. The summed E-state index contributed by atoms with van der Waals surface area (Å²) in [5, 5.41) is 1.12. The van der Waals surface area contributed by atoms with Gasteiger partial charge >= 0.3 is 0 Å². The lowest BCUT2D eigenvalue weighted by Crippen LogP contribution is -2.34. The standard InChI is InChI=1S/C19H22N4O/c1-13-5-4-6-14-11-16(22(3)18(13)14)19(24)23(15-7-8-15)12-17-20-9-10-21(17)2/h4-6,9-11,15H,7-8,12H2,1-3H3. The molecule has 124 valence electrons. The van der Waals surface area contributed by atoms with Crippen LogP contribution in [-0.4, -0.2) is 31.0 Å². The highest BCUT2D eigenvalue weighted by Gasteiger charge is 2.35. The first-order valence-corrected chi connectivity index (χ1v) is 8.38. The highest BCUT2D eigenvalue weighted by Crippen LogP contribution is 2.31. The Kier molecular flexibility index (Phi) is 3.44. The van der Waals surface area contributed by atoms with Crippen LogP contribution in [0.1, 0.15) is 34.7 Å². The van der Waals surface area contributed by atoms with Crippen LogP contribution >= 0.6 is 0 Å². The van der Waals surface area contributed by atoms with Crippen molar-refractivity contribution in [3.05, 3.63) is 53.7 Å². The number of rotatable bonds is 4. The number of amides is 1. The fourth-order valence-corrected chi connectivity index (χ4v) is 3.43. The fourth-order valence-electron chi connectivity index (χ4n) is 3.43. The Morgan fingerprint density at radius 2 is 2.12 bits per heavy atom. The van der Waals surface area contributed by atoms with Gasteiger partial charge < -0.3 is 14.0 Å². The molecule has 5 heteroatoms. The highest BCUT2D eigenvalue weighted by atomic mass is 16.2. The summed E-state index contributed by atoms with van der Waals surface area (Å²) >= 11 is 0. The van der Waals surface area contributed by atoms with E-state index >= 15 is 0 Å². The Morgan fingerprint density at radius 1 is 1.33 bits per heavy atom. The zero-order valence-corrected chi connectivity index (χ0v) is 14.4. The average Bonchev–Trinajstić information content (AvgIpc) is 3.23. The molecule has 1 amide bonds. The van der Waals surface area contributed by atoms with Crippen LogP contribution in [0, 0.1) is 6.92 Å². The molecule has 5 nitrogen and oxygen atoms in total. The SMILES string of the molecule is Cc1cccc2cc(C(=O)N(Cc3nccn3C)C3CC3)n(C)c12. The van der Waals surface area contributed by atoms with Crippen molar-refractivity contribution >= 4 is 16.8 Å². The minimum atomic E-state index is 0.0959. The average molecular weight is 322 g/mol. The van der Waals surface area contributed by atoms with Gasteiger partial charge in [-0.25, -0.2) is 4.98 Å². The molecular formula is C19H22N4O. The molecule has 0 spiro atoms. The van der Waals surface area contributed by atoms with Crippen LogP contribution < -0.4 is 0 Å². The summed E-state index contributed by atoms with van der Waals surface area (Å²) in [6, 6.07) is 8.55. The molecule has 0 aliphatic heterocycles. The number of imidazole rings is 1. The van der Waals surface area contributed by atoms with Crippen molar-refractivity contribution < 1.29 is 4.79 Å². The number of fused-ring (bicyclic) bond motifs is 1. The molecule has 2 heterocycles. The van der Waals surface area contributed by atoms with E-state index in [1.165, 1.54) is 5.56 Å². The van der Waals surface area contributed by atoms with Gasteiger partial charge in [-0.05, 0) is 31.4 Å². The van der Waals surface area contributed by atoms with Crippen LogP contribution in [-0.2, 0) is 20.6 Å². The molecule has 0 atom stereocenters. The van der Waals surface area contributed by atoms with E-state index in [1.54, 1.807) is 6.20 Å². The predicted molar refractivity (Wildman–Crippen MR) is 93.8 cm³/mol. The number of para-hydroxylation sites is 1. The Bertz CT molecular complexity index is 917. The second-order valence-corrected chi connectivity index (χ2v) is 6.72. The number of nitrogens with zero attached hydrogens (tertiary/aromatic N) is 4. The molecule has 2 aromatic heterocycles. The topological polar surface area (TPSA) is 43.1 Å². The maximum absolute atomic E-state index is 13.2. The lowest BCUT2D eigenvalue weighted by atomic mass is 10.2. The number of carbonyl (C=O) groups is 1. The van der Waals surface area contributed by atoms with Gasteiger partial charge in [0.15, 0.2) is 0 Å². The second kappa shape index (κ2) is 5.51. The molecule has 1 aliphatic rings. The van der Waals surface area contributed by atoms with Gasteiger partial charge in [-0.3, -0.25) is 4.79 Å². The van der Waals surface area contributed by atoms with Gasteiger partial charge in [0.05, 0.1) is 12.1 Å². The van der Waals surface area contributed by atoms with E-state index < -0.39 is 0 Å². The van der Waals surface area contributed by atoms with E-state index in [9.17, 15) is 4.79 Å². The Hall–Kier alpha value is -2.56. The third-order valence-corrected chi connectivity index (χ3v) is 4.96. The van der Waals surface area contributed by atoms with Gasteiger partial charge in [0.2, 0.25) is 0 Å². The molecule has 1 aromatic carbocycles. The van der Waals surface area contributed by atoms with Gasteiger partial charge in [0.1, 0.15) is 11.5 Å². The maximum atomic E-state index is 13.2. The quantitative estimate of drug-likeness (QED) is 0.741. The van der Waals surface area contributed by atoms with Crippen LogP contribution in [0.25, 0.3) is 10.9 Å². The van der Waals surface area contributed by atoms with E-state index in [-0.39, 0.29) is 5.91 Å². The van der Waals surface area contributed by atoms with E-state index in [0.717, 1.165) is 35.3 Å². The minimum absolute atomic E-state index is 0.0959. The van der Waals surface area contributed by atoms with E-state index in [0.29, 0.717) is 12.6 Å². The van der Waals surface area contributed by atoms with Crippen molar-refractivity contribution in [1.82, 2.24) is 19.0 Å². The minimum Gasteiger partial charge on any atom is -0.339 e. The second-order valence-electron chi connectivity index (χ2n) is 6.72. The molecule has 1 aliphatic carbocycles. The molecule has 0 radical (unpaired) electrons. The fraction of sp³-hybridized carbons (Fsp3) is 0.368. The first-order valence-electron chi connectivity index (χ1n) is 8.38. The molecule has 0 bridgehead atoms. The van der Waals surface area contributed by atoms with E-state index in [4.69, 9.17) is 0 Å². The summed E-state index contributed by atoms with van der Waals surface area (Å²) in [6.45, 7) is 2.65. The van der Waals surface area contributed by atoms with Crippen LogP contribution in [0.4, 0.5) is 0 Å². The molecule has 24 heavy (non-hydrogen) atoms. The third kappa shape index (κ3) is 2.40. The van der Waals surface area contributed by atoms with Gasteiger partial charge in [0.25, 0.3) is 5.91 Å². The molecule has 1 fully saturated rings. The van der Waals surface area contributed by atoms with Crippen molar-refractivity contribution in [3.8, 4) is 0 Å². The Labute approximate surface area is 141 Å². The summed E-state index contributed by atoms with van der Waals surface area (Å²) in [7, 11) is 3.95. The maximum Gasteiger partial charge on any atom is 0.271 e. The van der Waals surface area contributed by atoms with Crippen LogP contribution in [0.3, 0.4) is 0 Å². The van der Waals surface area contributed by atoms with Crippen LogP contribution in [0.5, 0.6) is 0 Å². The monoisotopic (exact) mass is 322 g/mol. The Balaban J connectivity index is 1.72. The van der Waals surface area contributed by atoms with E-state index in [1.807, 2.05) is 46.5 Å². The first-order chi connectivity index (χ1) is 11.6. The molecule has 4 rings (SSSR count). The molecule has 1 saturated carbocycles. The zero-order chi connectivity index (χ0) is 16.8. The van der Waals surface area contributed by atoms with Crippen LogP contribution in [0.2, 0.25) is 0 Å². The summed E-state index contributed by atoms with van der Waals surface area (Å²) in [5.41, 5.74) is 3.07. The largest absolute Gasteiger partial charge is 0.339 e. The number of hydrogen-bond donors (Lipinski definition) is 0. The lowest BCUT2D eigenvalue weighted by Gasteiger charge is -2.22. The summed E-state index contributed by atoms with van der Waals surface area (Å²) < 4.78 is 4.01. The summed E-state index contributed by atoms with van der Waals surface area (Å²) in [4.78, 5) is 19.6. The van der Waals surface area contributed by atoms with Gasteiger partial charge in [-0.1, -0.05) is 18.2 Å². The number of aryl methyl sites for hydroxylation is 3. The molecule has 0 saturated heterocycles. The van der Waals surface area contributed by atoms with Crippen molar-refractivity contribution in [3.63, 3.8) is 0 Å². The molecule has 0 unspecified atom stereocenters. The summed E-state index contributed by atoms with van der Waals surface area (Å²) in [5.74, 6) is 1.02. The highest BCUT2D eigenvalue weighted by molar-refractivity contribution is 5.99. The van der Waals surface area contributed by atoms with Gasteiger partial charge in [-0.15, -0.1) is 0 Å². The number of hydrogen-bond acceptors (Lipinski definition) is 2. The Morgan fingerprint density at radius 3 is 2.75 bits per heavy atom. The predicted octanol–water partition coefficient (Wildman–Crippen LogP) is 3.03. The molecule has 3 aromatic rings. The third-order valence-electron chi connectivity index (χ3n) is 4.96. The van der Waals surface area contributed by atoms with Crippen molar-refractivity contribution in [2.45, 2.75) is 32.4 Å².